The molecule has 0 aromatic rings. The first-order valence-corrected chi connectivity index (χ1v) is 5.12. The second-order valence-electron chi connectivity index (χ2n) is 3.31. The molecule has 0 radical (unpaired) electrons. The van der Waals surface area contributed by atoms with Crippen molar-refractivity contribution < 1.29 is 0 Å². The molecule has 0 heterocycles. The molecule has 0 rings (SSSR count). The van der Waals surface area contributed by atoms with Crippen molar-refractivity contribution in [1.82, 2.24) is 0 Å². The molecule has 0 N–H and O–H groups in total. The molecule has 0 heteroatoms. The van der Waals surface area contributed by atoms with Gasteiger partial charge in [-0.25, -0.2) is 0 Å². The largest absolute Gasteiger partial charge is 0.0991 e. The summed E-state index contributed by atoms with van der Waals surface area (Å²) in [6, 6.07) is 0. The van der Waals surface area contributed by atoms with Crippen LogP contribution < -0.4 is 0 Å². The normalized spacial score (nSPS) is 13.7. The molecule has 80 valence electrons. The summed E-state index contributed by atoms with van der Waals surface area (Å²) in [5.74, 6) is 0. The van der Waals surface area contributed by atoms with Crippen LogP contribution in [0.5, 0.6) is 0 Å². The highest BCUT2D eigenvalue weighted by Gasteiger charge is 1.89. The first-order valence-electron chi connectivity index (χ1n) is 5.12. The monoisotopic (exact) mass is 200 g/mol. The lowest BCUT2D eigenvalue weighted by atomic mass is 10.1. The van der Waals surface area contributed by atoms with Crippen LogP contribution in [-0.2, 0) is 0 Å². The summed E-state index contributed by atoms with van der Waals surface area (Å²) >= 11 is 0. The van der Waals surface area contributed by atoms with E-state index in [1.165, 1.54) is 11.1 Å². The molecule has 0 aromatic heterocycles. The van der Waals surface area contributed by atoms with Gasteiger partial charge in [0.15, 0.2) is 0 Å². The van der Waals surface area contributed by atoms with Crippen LogP contribution >= 0.6 is 0 Å². The van der Waals surface area contributed by atoms with E-state index < -0.39 is 0 Å². The van der Waals surface area contributed by atoms with Gasteiger partial charge < -0.3 is 0 Å². The first-order chi connectivity index (χ1) is 7.22. The van der Waals surface area contributed by atoms with E-state index in [0.29, 0.717) is 0 Å². The molecule has 0 bridgehead atoms. The third kappa shape index (κ3) is 7.51. The zero-order valence-corrected chi connectivity index (χ0v) is 9.74. The molecule has 0 amide bonds. The Kier molecular flexibility index (Phi) is 8.08. The highest BCUT2D eigenvalue weighted by atomic mass is 14.0. The number of hydrogen-bond acceptors (Lipinski definition) is 0. The predicted octanol–water partition coefficient (Wildman–Crippen LogP) is 4.75. The summed E-state index contributed by atoms with van der Waals surface area (Å²) in [5.41, 5.74) is 2.67. The van der Waals surface area contributed by atoms with Gasteiger partial charge in [0.2, 0.25) is 0 Å². The number of hydrogen-bond donors (Lipinski definition) is 0. The summed E-state index contributed by atoms with van der Waals surface area (Å²) in [7, 11) is 0. The lowest BCUT2D eigenvalue weighted by molar-refractivity contribution is 1.16. The molecule has 0 fully saturated rings. The van der Waals surface area contributed by atoms with Crippen molar-refractivity contribution in [3.05, 3.63) is 72.9 Å². The average Bonchev–Trinajstić information content (AvgIpc) is 2.24. The smallest absolute Gasteiger partial charge is 0.0133 e. The van der Waals surface area contributed by atoms with E-state index in [1.807, 2.05) is 24.3 Å². The fraction of sp³-hybridized carbons (Fsp3) is 0.200. The van der Waals surface area contributed by atoms with Gasteiger partial charge in [-0.05, 0) is 20.3 Å². The molecule has 0 aliphatic rings. The Morgan fingerprint density at radius 2 is 1.60 bits per heavy atom. The van der Waals surface area contributed by atoms with Gasteiger partial charge >= 0.3 is 0 Å². The lowest BCUT2D eigenvalue weighted by Crippen LogP contribution is -1.78. The second-order valence-corrected chi connectivity index (χ2v) is 3.31. The Morgan fingerprint density at radius 1 is 0.933 bits per heavy atom. The minimum Gasteiger partial charge on any atom is -0.0991 e. The van der Waals surface area contributed by atoms with Crippen molar-refractivity contribution in [2.24, 2.45) is 0 Å². The third-order valence-corrected chi connectivity index (χ3v) is 2.07. The fourth-order valence-corrected chi connectivity index (χ4v) is 0.987. The van der Waals surface area contributed by atoms with Crippen molar-refractivity contribution >= 4 is 0 Å². The molecule has 0 saturated heterocycles. The molecule has 0 aliphatic carbocycles. The Hall–Kier alpha value is -1.56. The fourth-order valence-electron chi connectivity index (χ4n) is 0.987. The SMILES string of the molecule is C=CC=CC=CC(C)=C(C)CC=CC=C. The van der Waals surface area contributed by atoms with Crippen LogP contribution in [0, 0.1) is 0 Å². The van der Waals surface area contributed by atoms with Gasteiger partial charge in [-0.2, -0.15) is 0 Å². The highest BCUT2D eigenvalue weighted by Crippen LogP contribution is 2.09. The van der Waals surface area contributed by atoms with Gasteiger partial charge in [0.25, 0.3) is 0 Å². The van der Waals surface area contributed by atoms with Crippen molar-refractivity contribution in [2.75, 3.05) is 0 Å². The highest BCUT2D eigenvalue weighted by molar-refractivity contribution is 5.27. The van der Waals surface area contributed by atoms with Crippen LogP contribution in [0.2, 0.25) is 0 Å². The lowest BCUT2D eigenvalue weighted by Gasteiger charge is -1.99. The molecule has 15 heavy (non-hydrogen) atoms. The van der Waals surface area contributed by atoms with Crippen LogP contribution in [0.4, 0.5) is 0 Å². The second kappa shape index (κ2) is 9.01. The Morgan fingerprint density at radius 3 is 2.20 bits per heavy atom. The van der Waals surface area contributed by atoms with E-state index in [-0.39, 0.29) is 0 Å². The topological polar surface area (TPSA) is 0 Å². The summed E-state index contributed by atoms with van der Waals surface area (Å²) in [6.45, 7) is 11.5. The van der Waals surface area contributed by atoms with E-state index in [1.54, 1.807) is 12.2 Å². The quantitative estimate of drug-likeness (QED) is 0.543. The minimum atomic E-state index is 0.980. The third-order valence-electron chi connectivity index (χ3n) is 2.07. The van der Waals surface area contributed by atoms with Gasteiger partial charge in [-0.1, -0.05) is 72.9 Å². The van der Waals surface area contributed by atoms with Crippen LogP contribution in [-0.4, -0.2) is 0 Å². The van der Waals surface area contributed by atoms with Crippen LogP contribution in [0.3, 0.4) is 0 Å². The van der Waals surface area contributed by atoms with Crippen LogP contribution in [0.25, 0.3) is 0 Å². The first kappa shape index (κ1) is 13.4. The Balaban J connectivity index is 4.30. The average molecular weight is 200 g/mol. The van der Waals surface area contributed by atoms with Crippen molar-refractivity contribution in [1.29, 1.82) is 0 Å². The maximum absolute atomic E-state index is 3.64. The van der Waals surface area contributed by atoms with Gasteiger partial charge in [0.1, 0.15) is 0 Å². The van der Waals surface area contributed by atoms with E-state index in [2.05, 4.69) is 39.2 Å². The van der Waals surface area contributed by atoms with Gasteiger partial charge in [-0.3, -0.25) is 0 Å². The summed E-state index contributed by atoms with van der Waals surface area (Å²) in [6.07, 6.45) is 16.6. The van der Waals surface area contributed by atoms with Crippen molar-refractivity contribution in [2.45, 2.75) is 20.3 Å². The zero-order chi connectivity index (χ0) is 11.5. The molecular formula is C15H20. The molecule has 0 nitrogen and oxygen atoms in total. The summed E-state index contributed by atoms with van der Waals surface area (Å²) in [4.78, 5) is 0. The Labute approximate surface area is 93.7 Å². The molecule has 0 unspecified atom stereocenters. The van der Waals surface area contributed by atoms with E-state index in [4.69, 9.17) is 0 Å². The summed E-state index contributed by atoms with van der Waals surface area (Å²) in [5, 5.41) is 0. The van der Waals surface area contributed by atoms with E-state index in [9.17, 15) is 0 Å². The van der Waals surface area contributed by atoms with Gasteiger partial charge in [-0.15, -0.1) is 0 Å². The molecule has 0 aliphatic heterocycles. The van der Waals surface area contributed by atoms with E-state index in [0.717, 1.165) is 6.42 Å². The standard InChI is InChI=1S/C15H20/c1-5-7-9-11-13-15(4)14(3)12-10-8-6-2/h5-11,13H,1-2,12H2,3-4H3. The molecule has 0 atom stereocenters. The van der Waals surface area contributed by atoms with Crippen LogP contribution in [0.1, 0.15) is 20.3 Å². The predicted molar refractivity (Wildman–Crippen MR) is 70.8 cm³/mol. The summed E-state index contributed by atoms with van der Waals surface area (Å²) < 4.78 is 0. The number of rotatable bonds is 6. The zero-order valence-electron chi connectivity index (χ0n) is 9.74. The molecule has 0 spiro atoms. The van der Waals surface area contributed by atoms with E-state index >= 15 is 0 Å². The van der Waals surface area contributed by atoms with Gasteiger partial charge in [0.05, 0.1) is 0 Å². The van der Waals surface area contributed by atoms with Crippen molar-refractivity contribution in [3.8, 4) is 0 Å². The molecular weight excluding hydrogens is 180 g/mol. The molecule has 0 aromatic carbocycles. The minimum absolute atomic E-state index is 0.980. The van der Waals surface area contributed by atoms with Gasteiger partial charge in [0, 0.05) is 0 Å². The molecule has 0 saturated carbocycles. The maximum atomic E-state index is 3.64. The Bertz CT molecular complexity index is 309. The number of allylic oxidation sites excluding steroid dienone is 10. The van der Waals surface area contributed by atoms with Crippen molar-refractivity contribution in [3.63, 3.8) is 0 Å². The maximum Gasteiger partial charge on any atom is -0.0133 e. The van der Waals surface area contributed by atoms with Crippen LogP contribution in [0.15, 0.2) is 72.9 Å².